The first-order valence-corrected chi connectivity index (χ1v) is 7.37. The van der Waals surface area contributed by atoms with Crippen LogP contribution in [0, 0.1) is 0 Å². The molecule has 0 radical (unpaired) electrons. The molecule has 1 atom stereocenters. The lowest BCUT2D eigenvalue weighted by Crippen LogP contribution is -2.13. The molecular formula is C13H22BrN3O2. The summed E-state index contributed by atoms with van der Waals surface area (Å²) in [5.74, 6) is 1.49. The van der Waals surface area contributed by atoms with Gasteiger partial charge in [-0.05, 0) is 36.2 Å². The van der Waals surface area contributed by atoms with Gasteiger partial charge < -0.3 is 14.8 Å². The van der Waals surface area contributed by atoms with Crippen molar-refractivity contribution in [2.75, 3.05) is 25.6 Å². The molecule has 0 amide bonds. The van der Waals surface area contributed by atoms with Gasteiger partial charge in [-0.25, -0.2) is 9.97 Å². The lowest BCUT2D eigenvalue weighted by atomic mass is 10.2. The number of hydrogen-bond donors (Lipinski definition) is 1. The molecule has 0 bridgehead atoms. The third kappa shape index (κ3) is 4.40. The van der Waals surface area contributed by atoms with Crippen molar-refractivity contribution in [3.8, 4) is 0 Å². The zero-order chi connectivity index (χ0) is 14.3. The summed E-state index contributed by atoms with van der Waals surface area (Å²) >= 11 is 3.52. The summed E-state index contributed by atoms with van der Waals surface area (Å²) in [6.45, 7) is 7.96. The van der Waals surface area contributed by atoms with Crippen molar-refractivity contribution in [1.82, 2.24) is 9.97 Å². The Labute approximate surface area is 123 Å². The molecule has 6 heteroatoms. The van der Waals surface area contributed by atoms with Crippen molar-refractivity contribution in [2.45, 2.75) is 39.9 Å². The second kappa shape index (κ2) is 8.45. The predicted molar refractivity (Wildman–Crippen MR) is 79.3 cm³/mol. The van der Waals surface area contributed by atoms with Crippen molar-refractivity contribution in [3.63, 3.8) is 0 Å². The lowest BCUT2D eigenvalue weighted by molar-refractivity contribution is 0.0530. The number of rotatable bonds is 8. The van der Waals surface area contributed by atoms with Crippen molar-refractivity contribution >= 4 is 21.7 Å². The Hall–Kier alpha value is -0.720. The van der Waals surface area contributed by atoms with E-state index in [1.165, 1.54) is 0 Å². The molecule has 1 rings (SSSR count). The van der Waals surface area contributed by atoms with E-state index in [1.54, 1.807) is 7.11 Å². The van der Waals surface area contributed by atoms with E-state index in [0.29, 0.717) is 19.0 Å². The first-order valence-electron chi connectivity index (χ1n) is 6.58. The summed E-state index contributed by atoms with van der Waals surface area (Å²) in [6, 6.07) is 0. The quantitative estimate of drug-likeness (QED) is 0.791. The molecule has 5 nitrogen and oxygen atoms in total. The molecule has 1 heterocycles. The van der Waals surface area contributed by atoms with E-state index >= 15 is 0 Å². The maximum absolute atomic E-state index is 5.67. The second-order valence-corrected chi connectivity index (χ2v) is 4.80. The minimum Gasteiger partial charge on any atom is -0.378 e. The van der Waals surface area contributed by atoms with E-state index in [1.807, 2.05) is 13.8 Å². The largest absolute Gasteiger partial charge is 0.378 e. The molecule has 0 aliphatic carbocycles. The summed E-state index contributed by atoms with van der Waals surface area (Å²) in [4.78, 5) is 9.09. The Morgan fingerprint density at radius 2 is 2.00 bits per heavy atom. The number of anilines is 1. The third-order valence-electron chi connectivity index (χ3n) is 2.59. The average Bonchev–Trinajstić information content (AvgIpc) is 2.41. The molecule has 1 unspecified atom stereocenters. The van der Waals surface area contributed by atoms with E-state index in [4.69, 9.17) is 9.47 Å². The van der Waals surface area contributed by atoms with Crippen LogP contribution in [-0.4, -0.2) is 30.2 Å². The standard InChI is InChI=1S/C13H22BrN3O2/c1-5-10(19-7-3)12-16-9(8-18-4)11(14)13(17-12)15-6-2/h10H,5-8H2,1-4H3,(H,15,16,17). The van der Waals surface area contributed by atoms with Crippen LogP contribution in [0.4, 0.5) is 5.82 Å². The summed E-state index contributed by atoms with van der Waals surface area (Å²) in [6.07, 6.45) is 0.763. The Balaban J connectivity index is 3.15. The highest BCUT2D eigenvalue weighted by Gasteiger charge is 2.18. The Bertz CT molecular complexity index is 374. The van der Waals surface area contributed by atoms with Gasteiger partial charge in [-0.1, -0.05) is 6.92 Å². The lowest BCUT2D eigenvalue weighted by Gasteiger charge is -2.17. The van der Waals surface area contributed by atoms with E-state index in [0.717, 1.165) is 29.0 Å². The van der Waals surface area contributed by atoms with Gasteiger partial charge in [-0.15, -0.1) is 0 Å². The van der Waals surface area contributed by atoms with Crippen LogP contribution < -0.4 is 5.32 Å². The van der Waals surface area contributed by atoms with Gasteiger partial charge in [0.15, 0.2) is 5.82 Å². The molecule has 1 aromatic rings. The zero-order valence-corrected chi connectivity index (χ0v) is 13.6. The molecule has 108 valence electrons. The summed E-state index contributed by atoms with van der Waals surface area (Å²) in [5, 5.41) is 3.23. The van der Waals surface area contributed by atoms with Crippen LogP contribution in [0.5, 0.6) is 0 Å². The number of aromatic nitrogens is 2. The molecule has 0 aromatic carbocycles. The van der Waals surface area contributed by atoms with Gasteiger partial charge in [0.2, 0.25) is 0 Å². The van der Waals surface area contributed by atoms with E-state index in [9.17, 15) is 0 Å². The molecule has 1 N–H and O–H groups in total. The first-order chi connectivity index (χ1) is 9.17. The van der Waals surface area contributed by atoms with Gasteiger partial charge in [0.05, 0.1) is 16.8 Å². The molecule has 0 saturated heterocycles. The monoisotopic (exact) mass is 331 g/mol. The first kappa shape index (κ1) is 16.3. The van der Waals surface area contributed by atoms with E-state index in [2.05, 4.69) is 38.1 Å². The van der Waals surface area contributed by atoms with Crippen LogP contribution in [0.3, 0.4) is 0 Å². The molecule has 0 fully saturated rings. The Kier molecular flexibility index (Phi) is 7.27. The SMILES string of the molecule is CCNc1nc(C(CC)OCC)nc(COC)c1Br. The highest BCUT2D eigenvalue weighted by molar-refractivity contribution is 9.10. The highest BCUT2D eigenvalue weighted by atomic mass is 79.9. The fourth-order valence-corrected chi connectivity index (χ4v) is 2.18. The number of halogens is 1. The molecule has 0 aliphatic heterocycles. The zero-order valence-electron chi connectivity index (χ0n) is 12.0. The summed E-state index contributed by atoms with van der Waals surface area (Å²) in [7, 11) is 1.65. The van der Waals surface area contributed by atoms with E-state index in [-0.39, 0.29) is 6.10 Å². The van der Waals surface area contributed by atoms with Crippen molar-refractivity contribution in [3.05, 3.63) is 16.0 Å². The van der Waals surface area contributed by atoms with Crippen LogP contribution in [0.25, 0.3) is 0 Å². The van der Waals surface area contributed by atoms with Gasteiger partial charge >= 0.3 is 0 Å². The number of nitrogens with zero attached hydrogens (tertiary/aromatic N) is 2. The number of nitrogens with one attached hydrogen (secondary N) is 1. The number of methoxy groups -OCH3 is 1. The summed E-state index contributed by atoms with van der Waals surface area (Å²) in [5.41, 5.74) is 0.835. The second-order valence-electron chi connectivity index (χ2n) is 4.01. The van der Waals surface area contributed by atoms with Gasteiger partial charge in [-0.2, -0.15) is 0 Å². The van der Waals surface area contributed by atoms with Gasteiger partial charge in [0, 0.05) is 20.3 Å². The van der Waals surface area contributed by atoms with Crippen molar-refractivity contribution < 1.29 is 9.47 Å². The maximum Gasteiger partial charge on any atom is 0.159 e. The van der Waals surface area contributed by atoms with Crippen molar-refractivity contribution in [1.29, 1.82) is 0 Å². The Morgan fingerprint density at radius 3 is 2.53 bits per heavy atom. The van der Waals surface area contributed by atoms with Gasteiger partial charge in [-0.3, -0.25) is 0 Å². The fraction of sp³-hybridized carbons (Fsp3) is 0.692. The minimum atomic E-state index is -0.0777. The van der Waals surface area contributed by atoms with Crippen LogP contribution in [0.2, 0.25) is 0 Å². The normalized spacial score (nSPS) is 12.5. The number of ether oxygens (including phenoxy) is 2. The number of hydrogen-bond acceptors (Lipinski definition) is 5. The topological polar surface area (TPSA) is 56.3 Å². The molecule has 19 heavy (non-hydrogen) atoms. The minimum absolute atomic E-state index is 0.0777. The van der Waals surface area contributed by atoms with Crippen molar-refractivity contribution in [2.24, 2.45) is 0 Å². The maximum atomic E-state index is 5.67. The molecular weight excluding hydrogens is 310 g/mol. The molecule has 0 saturated carbocycles. The van der Waals surface area contributed by atoms with Crippen LogP contribution >= 0.6 is 15.9 Å². The van der Waals surface area contributed by atoms with Crippen LogP contribution in [0.15, 0.2) is 4.47 Å². The molecule has 0 aliphatic rings. The van der Waals surface area contributed by atoms with Crippen LogP contribution in [-0.2, 0) is 16.1 Å². The Morgan fingerprint density at radius 1 is 1.26 bits per heavy atom. The third-order valence-corrected chi connectivity index (χ3v) is 3.42. The van der Waals surface area contributed by atoms with Gasteiger partial charge in [0.1, 0.15) is 11.9 Å². The highest BCUT2D eigenvalue weighted by Crippen LogP contribution is 2.27. The fourth-order valence-electron chi connectivity index (χ4n) is 1.75. The molecule has 1 aromatic heterocycles. The summed E-state index contributed by atoms with van der Waals surface area (Å²) < 4.78 is 11.7. The average molecular weight is 332 g/mol. The molecule has 0 spiro atoms. The van der Waals surface area contributed by atoms with Gasteiger partial charge in [0.25, 0.3) is 0 Å². The van der Waals surface area contributed by atoms with Crippen LogP contribution in [0.1, 0.15) is 44.8 Å². The predicted octanol–water partition coefficient (Wildman–Crippen LogP) is 3.30. The van der Waals surface area contributed by atoms with E-state index < -0.39 is 0 Å². The smallest absolute Gasteiger partial charge is 0.159 e.